The first-order valence-electron chi connectivity index (χ1n) is 9.40. The summed E-state index contributed by atoms with van der Waals surface area (Å²) in [7, 11) is 5.69. The fraction of sp³-hybridized carbons (Fsp3) is 0.619. The molecule has 146 valence electrons. The normalized spacial score (nSPS) is 16.5. The maximum absolute atomic E-state index is 5.92. The lowest BCUT2D eigenvalue weighted by molar-refractivity contribution is 0.0929. The van der Waals surface area contributed by atoms with Crippen LogP contribution in [0.5, 0.6) is 0 Å². The van der Waals surface area contributed by atoms with Gasteiger partial charge in [-0.1, -0.05) is 23.6 Å². The molecule has 1 aliphatic rings. The van der Waals surface area contributed by atoms with Crippen molar-refractivity contribution in [2.24, 2.45) is 0 Å². The second kappa shape index (κ2) is 13.6. The minimum absolute atomic E-state index is 0.148. The Balaban J connectivity index is 2.29. The van der Waals surface area contributed by atoms with Gasteiger partial charge in [-0.2, -0.15) is 0 Å². The topological polar surface area (TPSA) is 45.8 Å². The summed E-state index contributed by atoms with van der Waals surface area (Å²) in [4.78, 5) is 7.10. The van der Waals surface area contributed by atoms with Crippen molar-refractivity contribution in [1.29, 1.82) is 0 Å². The fourth-order valence-corrected chi connectivity index (χ4v) is 2.79. The molecule has 0 heterocycles. The molecule has 0 amide bonds. The van der Waals surface area contributed by atoms with Crippen molar-refractivity contribution < 1.29 is 9.57 Å². The van der Waals surface area contributed by atoms with Crippen molar-refractivity contribution in [3.63, 3.8) is 0 Å². The summed E-state index contributed by atoms with van der Waals surface area (Å²) >= 11 is 0. The van der Waals surface area contributed by atoms with Crippen LogP contribution in [0.1, 0.15) is 32.6 Å². The van der Waals surface area contributed by atoms with Crippen LogP contribution in [-0.4, -0.2) is 57.9 Å². The van der Waals surface area contributed by atoms with E-state index in [0.717, 1.165) is 44.5 Å². The molecule has 0 aromatic heterocycles. The standard InChI is InChI=1S/C21H35N3O2/c1-6-20(24(4)17-18(2)22-3)10-8-16-26-21-11-7-9-19(12-13-21)14-15-23-25-5/h1,9,11-13,18,20,22-23H,7-8,10,14-17H2,2-5H3. The van der Waals surface area contributed by atoms with Crippen LogP contribution in [0.2, 0.25) is 0 Å². The Morgan fingerprint density at radius 2 is 2.15 bits per heavy atom. The summed E-state index contributed by atoms with van der Waals surface area (Å²) in [5, 5.41) is 3.24. The number of rotatable bonds is 13. The minimum atomic E-state index is 0.148. The van der Waals surface area contributed by atoms with Gasteiger partial charge in [0.1, 0.15) is 5.76 Å². The number of hydrogen-bond acceptors (Lipinski definition) is 5. The molecule has 26 heavy (non-hydrogen) atoms. The van der Waals surface area contributed by atoms with Crippen LogP contribution in [-0.2, 0) is 9.57 Å². The second-order valence-corrected chi connectivity index (χ2v) is 6.61. The first-order chi connectivity index (χ1) is 12.6. The van der Waals surface area contributed by atoms with Crippen LogP contribution in [0, 0.1) is 12.3 Å². The molecule has 0 saturated heterocycles. The van der Waals surface area contributed by atoms with E-state index in [4.69, 9.17) is 16.0 Å². The highest BCUT2D eigenvalue weighted by Gasteiger charge is 2.13. The van der Waals surface area contributed by atoms with Gasteiger partial charge in [0, 0.05) is 19.1 Å². The molecule has 1 aliphatic carbocycles. The Morgan fingerprint density at radius 3 is 2.85 bits per heavy atom. The van der Waals surface area contributed by atoms with E-state index in [1.807, 2.05) is 13.1 Å². The number of hydroxylamine groups is 1. The van der Waals surface area contributed by atoms with E-state index in [9.17, 15) is 0 Å². The highest BCUT2D eigenvalue weighted by Crippen LogP contribution is 2.15. The zero-order chi connectivity index (χ0) is 19.2. The summed E-state index contributed by atoms with van der Waals surface area (Å²) in [5.74, 6) is 3.83. The van der Waals surface area contributed by atoms with E-state index in [0.29, 0.717) is 12.6 Å². The Kier molecular flexibility index (Phi) is 11.7. The molecule has 0 bridgehead atoms. The van der Waals surface area contributed by atoms with Gasteiger partial charge >= 0.3 is 0 Å². The molecule has 0 spiro atoms. The molecular weight excluding hydrogens is 326 g/mol. The SMILES string of the molecule is C#CC(CCCOC1=CCC=C(CCNOC)C=C1)N(C)CC(C)NC. The Bertz CT molecular complexity index is 520. The highest BCUT2D eigenvalue weighted by atomic mass is 16.6. The van der Waals surface area contributed by atoms with E-state index in [-0.39, 0.29) is 6.04 Å². The van der Waals surface area contributed by atoms with Gasteiger partial charge in [-0.25, -0.2) is 5.48 Å². The number of terminal acetylenes is 1. The molecule has 5 nitrogen and oxygen atoms in total. The summed E-state index contributed by atoms with van der Waals surface area (Å²) in [6, 6.07) is 0.573. The molecule has 0 aromatic carbocycles. The molecular formula is C21H35N3O2. The second-order valence-electron chi connectivity index (χ2n) is 6.61. The van der Waals surface area contributed by atoms with Gasteiger partial charge in [0.15, 0.2) is 0 Å². The number of likely N-dealkylation sites (N-methyl/N-ethyl adjacent to an activating group) is 2. The molecule has 2 unspecified atom stereocenters. The van der Waals surface area contributed by atoms with Crippen LogP contribution in [0.4, 0.5) is 0 Å². The van der Waals surface area contributed by atoms with Gasteiger partial charge in [0.25, 0.3) is 0 Å². The fourth-order valence-electron chi connectivity index (χ4n) is 2.79. The molecule has 1 rings (SSSR count). The predicted molar refractivity (Wildman–Crippen MR) is 109 cm³/mol. The third kappa shape index (κ3) is 9.21. The van der Waals surface area contributed by atoms with Crippen LogP contribution >= 0.6 is 0 Å². The summed E-state index contributed by atoms with van der Waals surface area (Å²) in [6.45, 7) is 4.58. The van der Waals surface area contributed by atoms with Crippen molar-refractivity contribution in [1.82, 2.24) is 15.7 Å². The summed E-state index contributed by atoms with van der Waals surface area (Å²) in [6.07, 6.45) is 17.9. The van der Waals surface area contributed by atoms with Gasteiger partial charge in [0.05, 0.1) is 19.8 Å². The lowest BCUT2D eigenvalue weighted by Gasteiger charge is -2.26. The highest BCUT2D eigenvalue weighted by molar-refractivity contribution is 5.29. The van der Waals surface area contributed by atoms with Crippen molar-refractivity contribution in [2.75, 3.05) is 40.9 Å². The average molecular weight is 362 g/mol. The van der Waals surface area contributed by atoms with Crippen LogP contribution in [0.15, 0.2) is 35.6 Å². The lowest BCUT2D eigenvalue weighted by Crippen LogP contribution is -2.40. The molecule has 0 aromatic rings. The quantitative estimate of drug-likeness (QED) is 0.300. The van der Waals surface area contributed by atoms with Gasteiger partial charge in [-0.05, 0) is 58.9 Å². The predicted octanol–water partition coefficient (Wildman–Crippen LogP) is 2.64. The van der Waals surface area contributed by atoms with E-state index in [2.05, 4.69) is 53.8 Å². The lowest BCUT2D eigenvalue weighted by atomic mass is 10.1. The number of nitrogens with one attached hydrogen (secondary N) is 2. The largest absolute Gasteiger partial charge is 0.494 e. The maximum atomic E-state index is 5.92. The average Bonchev–Trinajstić information content (AvgIpc) is 2.87. The number of ether oxygens (including phenoxy) is 1. The van der Waals surface area contributed by atoms with Crippen LogP contribution < -0.4 is 10.8 Å². The van der Waals surface area contributed by atoms with Gasteiger partial charge in [-0.3, -0.25) is 4.90 Å². The first kappa shape index (κ1) is 22.5. The number of hydrogen-bond donors (Lipinski definition) is 2. The zero-order valence-electron chi connectivity index (χ0n) is 16.8. The molecule has 0 aliphatic heterocycles. The number of nitrogens with zero attached hydrogens (tertiary/aromatic N) is 1. The third-order valence-electron chi connectivity index (χ3n) is 4.49. The summed E-state index contributed by atoms with van der Waals surface area (Å²) in [5.41, 5.74) is 4.15. The molecule has 5 heteroatoms. The molecule has 0 radical (unpaired) electrons. The maximum Gasteiger partial charge on any atom is 0.115 e. The Morgan fingerprint density at radius 1 is 1.35 bits per heavy atom. The van der Waals surface area contributed by atoms with E-state index < -0.39 is 0 Å². The molecule has 0 saturated carbocycles. The van der Waals surface area contributed by atoms with Gasteiger partial charge in [0.2, 0.25) is 0 Å². The Hall–Kier alpha value is -1.58. The van der Waals surface area contributed by atoms with E-state index in [1.54, 1.807) is 7.11 Å². The van der Waals surface area contributed by atoms with Crippen molar-refractivity contribution in [2.45, 2.75) is 44.7 Å². The van der Waals surface area contributed by atoms with Crippen LogP contribution in [0.25, 0.3) is 0 Å². The van der Waals surface area contributed by atoms with E-state index >= 15 is 0 Å². The zero-order valence-corrected chi connectivity index (χ0v) is 16.8. The third-order valence-corrected chi connectivity index (χ3v) is 4.49. The van der Waals surface area contributed by atoms with E-state index in [1.165, 1.54) is 5.57 Å². The molecule has 2 N–H and O–H groups in total. The first-order valence-corrected chi connectivity index (χ1v) is 9.40. The van der Waals surface area contributed by atoms with Gasteiger partial charge < -0.3 is 14.9 Å². The van der Waals surface area contributed by atoms with Crippen molar-refractivity contribution in [3.8, 4) is 12.3 Å². The smallest absolute Gasteiger partial charge is 0.115 e. The van der Waals surface area contributed by atoms with Crippen molar-refractivity contribution in [3.05, 3.63) is 35.6 Å². The van der Waals surface area contributed by atoms with Crippen LogP contribution in [0.3, 0.4) is 0 Å². The summed E-state index contributed by atoms with van der Waals surface area (Å²) < 4.78 is 5.92. The molecule has 0 fully saturated rings. The monoisotopic (exact) mass is 361 g/mol. The van der Waals surface area contributed by atoms with Crippen molar-refractivity contribution >= 4 is 0 Å². The molecule has 2 atom stereocenters. The van der Waals surface area contributed by atoms with Gasteiger partial charge in [-0.15, -0.1) is 6.42 Å². The Labute approximate surface area is 159 Å². The minimum Gasteiger partial charge on any atom is -0.494 e. The number of allylic oxidation sites excluding steroid dienone is 4.